The van der Waals surface area contributed by atoms with Crippen molar-refractivity contribution in [3.63, 3.8) is 0 Å². The number of aliphatic hydroxyl groups excluding tert-OH is 1. The molecule has 0 spiro atoms. The van der Waals surface area contributed by atoms with Crippen LogP contribution in [0.1, 0.15) is 26.3 Å². The van der Waals surface area contributed by atoms with Gasteiger partial charge in [0, 0.05) is 11.1 Å². The Kier molecular flexibility index (Phi) is 5.18. The molecule has 0 aromatic heterocycles. The van der Waals surface area contributed by atoms with Crippen LogP contribution < -0.4 is 14.8 Å². The van der Waals surface area contributed by atoms with Gasteiger partial charge in [0.1, 0.15) is 11.5 Å². The smallest absolute Gasteiger partial charge is 0.258 e. The third kappa shape index (κ3) is 5.18. The highest BCUT2D eigenvalue weighted by molar-refractivity contribution is 5.78. The maximum Gasteiger partial charge on any atom is 0.258 e. The Labute approximate surface area is 113 Å². The number of methoxy groups -OCH3 is 1. The van der Waals surface area contributed by atoms with E-state index in [1.807, 2.05) is 20.8 Å². The highest BCUT2D eigenvalue weighted by Crippen LogP contribution is 2.24. The normalized spacial score (nSPS) is 11.0. The van der Waals surface area contributed by atoms with E-state index < -0.39 is 0 Å². The predicted octanol–water partition coefficient (Wildman–Crippen LogP) is 1.48. The van der Waals surface area contributed by atoms with Gasteiger partial charge in [-0.05, 0) is 39.0 Å². The number of rotatable bonds is 5. The minimum absolute atomic E-state index is 0.0867. The molecule has 5 heteroatoms. The summed E-state index contributed by atoms with van der Waals surface area (Å²) >= 11 is 0. The molecule has 0 aliphatic rings. The molecule has 0 aliphatic carbocycles. The summed E-state index contributed by atoms with van der Waals surface area (Å²) in [6, 6.07) is 5.07. The van der Waals surface area contributed by atoms with Crippen molar-refractivity contribution >= 4 is 5.91 Å². The van der Waals surface area contributed by atoms with E-state index in [9.17, 15) is 9.90 Å². The number of aliphatic hydroxyl groups is 1. The van der Waals surface area contributed by atoms with Crippen LogP contribution in [0.25, 0.3) is 0 Å². The molecule has 19 heavy (non-hydrogen) atoms. The standard InChI is InChI=1S/C14H21NO4/c1-14(2,3)15-13(17)9-19-12-6-5-11(18-4)7-10(12)8-16/h5-7,16H,8-9H2,1-4H3,(H,15,17). The van der Waals surface area contributed by atoms with Gasteiger partial charge in [-0.25, -0.2) is 0 Å². The number of benzene rings is 1. The number of ether oxygens (including phenoxy) is 2. The Morgan fingerprint density at radius 3 is 2.58 bits per heavy atom. The molecule has 1 rings (SSSR count). The number of hydrogen-bond acceptors (Lipinski definition) is 4. The highest BCUT2D eigenvalue weighted by atomic mass is 16.5. The number of hydrogen-bond donors (Lipinski definition) is 2. The maximum absolute atomic E-state index is 11.6. The fourth-order valence-electron chi connectivity index (χ4n) is 1.54. The zero-order chi connectivity index (χ0) is 14.5. The van der Waals surface area contributed by atoms with Crippen molar-refractivity contribution in [3.8, 4) is 11.5 Å². The number of carbonyl (C=O) groups excluding carboxylic acids is 1. The van der Waals surface area contributed by atoms with Crippen LogP contribution >= 0.6 is 0 Å². The molecular formula is C14H21NO4. The molecule has 0 atom stereocenters. The second kappa shape index (κ2) is 6.43. The molecule has 0 saturated heterocycles. The third-order valence-electron chi connectivity index (χ3n) is 2.31. The SMILES string of the molecule is COc1ccc(OCC(=O)NC(C)(C)C)c(CO)c1. The Balaban J connectivity index is 2.65. The second-order valence-corrected chi connectivity index (χ2v) is 5.22. The van der Waals surface area contributed by atoms with E-state index in [1.165, 1.54) is 0 Å². The van der Waals surface area contributed by atoms with E-state index >= 15 is 0 Å². The minimum atomic E-state index is -0.292. The number of carbonyl (C=O) groups is 1. The number of nitrogens with one attached hydrogen (secondary N) is 1. The summed E-state index contributed by atoms with van der Waals surface area (Å²) in [7, 11) is 1.55. The molecule has 0 heterocycles. The molecule has 1 aromatic rings. The molecular weight excluding hydrogens is 246 g/mol. The lowest BCUT2D eigenvalue weighted by atomic mass is 10.1. The first-order chi connectivity index (χ1) is 8.85. The van der Waals surface area contributed by atoms with Gasteiger partial charge < -0.3 is 19.9 Å². The first-order valence-electron chi connectivity index (χ1n) is 6.07. The Morgan fingerprint density at radius 2 is 2.05 bits per heavy atom. The fraction of sp³-hybridized carbons (Fsp3) is 0.500. The van der Waals surface area contributed by atoms with E-state index in [2.05, 4.69) is 5.32 Å². The van der Waals surface area contributed by atoms with E-state index in [1.54, 1.807) is 25.3 Å². The summed E-state index contributed by atoms with van der Waals surface area (Å²) in [5, 5.41) is 12.1. The average molecular weight is 267 g/mol. The molecule has 1 aromatic carbocycles. The summed E-state index contributed by atoms with van der Waals surface area (Å²) in [5.41, 5.74) is 0.295. The van der Waals surface area contributed by atoms with Crippen molar-refractivity contribution in [1.29, 1.82) is 0 Å². The van der Waals surface area contributed by atoms with Gasteiger partial charge in [0.15, 0.2) is 6.61 Å². The summed E-state index contributed by atoms with van der Waals surface area (Å²) in [4.78, 5) is 11.6. The Bertz CT molecular complexity index is 438. The molecule has 106 valence electrons. The van der Waals surface area contributed by atoms with E-state index in [-0.39, 0.29) is 24.7 Å². The molecule has 5 nitrogen and oxygen atoms in total. The molecule has 0 radical (unpaired) electrons. The van der Waals surface area contributed by atoms with E-state index in [0.717, 1.165) is 0 Å². The molecule has 0 saturated carbocycles. The summed E-state index contributed by atoms with van der Waals surface area (Å²) < 4.78 is 10.5. The van der Waals surface area contributed by atoms with Gasteiger partial charge in [-0.15, -0.1) is 0 Å². The molecule has 0 unspecified atom stereocenters. The van der Waals surface area contributed by atoms with Crippen molar-refractivity contribution in [2.45, 2.75) is 32.9 Å². The maximum atomic E-state index is 11.6. The first kappa shape index (κ1) is 15.3. The van der Waals surface area contributed by atoms with Crippen LogP contribution in [-0.4, -0.2) is 30.3 Å². The van der Waals surface area contributed by atoms with Crippen molar-refractivity contribution in [3.05, 3.63) is 23.8 Å². The van der Waals surface area contributed by atoms with Gasteiger partial charge in [-0.1, -0.05) is 0 Å². The van der Waals surface area contributed by atoms with Crippen LogP contribution in [0.15, 0.2) is 18.2 Å². The van der Waals surface area contributed by atoms with E-state index in [0.29, 0.717) is 17.1 Å². The van der Waals surface area contributed by atoms with Gasteiger partial charge in [0.05, 0.1) is 13.7 Å². The lowest BCUT2D eigenvalue weighted by molar-refractivity contribution is -0.124. The lowest BCUT2D eigenvalue weighted by Crippen LogP contribution is -2.43. The summed E-state index contributed by atoms with van der Waals surface area (Å²) in [6.07, 6.45) is 0. The Morgan fingerprint density at radius 1 is 1.37 bits per heavy atom. The zero-order valence-electron chi connectivity index (χ0n) is 11.8. The van der Waals surface area contributed by atoms with Crippen LogP contribution in [0, 0.1) is 0 Å². The van der Waals surface area contributed by atoms with Gasteiger partial charge in [-0.3, -0.25) is 4.79 Å². The van der Waals surface area contributed by atoms with Crippen molar-refractivity contribution in [2.75, 3.05) is 13.7 Å². The molecule has 2 N–H and O–H groups in total. The van der Waals surface area contributed by atoms with Crippen molar-refractivity contribution in [2.24, 2.45) is 0 Å². The van der Waals surface area contributed by atoms with Gasteiger partial charge in [-0.2, -0.15) is 0 Å². The van der Waals surface area contributed by atoms with Crippen LogP contribution in [0.4, 0.5) is 0 Å². The summed E-state index contributed by atoms with van der Waals surface area (Å²) in [6.45, 7) is 5.44. The third-order valence-corrected chi connectivity index (χ3v) is 2.31. The zero-order valence-corrected chi connectivity index (χ0v) is 11.8. The second-order valence-electron chi connectivity index (χ2n) is 5.22. The van der Waals surface area contributed by atoms with Gasteiger partial charge >= 0.3 is 0 Å². The molecule has 0 fully saturated rings. The molecule has 0 bridgehead atoms. The summed E-state index contributed by atoms with van der Waals surface area (Å²) in [5.74, 6) is 0.912. The average Bonchev–Trinajstić information content (AvgIpc) is 2.34. The van der Waals surface area contributed by atoms with Gasteiger partial charge in [0.2, 0.25) is 0 Å². The fourth-order valence-corrected chi connectivity index (χ4v) is 1.54. The molecule has 1 amide bonds. The van der Waals surface area contributed by atoms with Gasteiger partial charge in [0.25, 0.3) is 5.91 Å². The van der Waals surface area contributed by atoms with Crippen LogP contribution in [-0.2, 0) is 11.4 Å². The van der Waals surface area contributed by atoms with Crippen molar-refractivity contribution in [1.82, 2.24) is 5.32 Å². The van der Waals surface area contributed by atoms with Crippen LogP contribution in [0.2, 0.25) is 0 Å². The quantitative estimate of drug-likeness (QED) is 0.848. The number of amides is 1. The topological polar surface area (TPSA) is 67.8 Å². The monoisotopic (exact) mass is 267 g/mol. The first-order valence-corrected chi connectivity index (χ1v) is 6.07. The lowest BCUT2D eigenvalue weighted by Gasteiger charge is -2.20. The predicted molar refractivity (Wildman–Crippen MR) is 72.3 cm³/mol. The minimum Gasteiger partial charge on any atom is -0.497 e. The Hall–Kier alpha value is -1.75. The highest BCUT2D eigenvalue weighted by Gasteiger charge is 2.14. The van der Waals surface area contributed by atoms with Crippen LogP contribution in [0.5, 0.6) is 11.5 Å². The van der Waals surface area contributed by atoms with Crippen LogP contribution in [0.3, 0.4) is 0 Å². The van der Waals surface area contributed by atoms with E-state index in [4.69, 9.17) is 9.47 Å². The largest absolute Gasteiger partial charge is 0.497 e. The van der Waals surface area contributed by atoms with Crippen molar-refractivity contribution < 1.29 is 19.4 Å². The molecule has 0 aliphatic heterocycles.